The van der Waals surface area contributed by atoms with Crippen LogP contribution in [-0.4, -0.2) is 41.6 Å². The van der Waals surface area contributed by atoms with Crippen LogP contribution in [0.4, 0.5) is 4.79 Å². The minimum Gasteiger partial charge on any atom is -0.446 e. The molecule has 0 atom stereocenters. The van der Waals surface area contributed by atoms with Gasteiger partial charge in [0.15, 0.2) is 0 Å². The van der Waals surface area contributed by atoms with Crippen molar-refractivity contribution >= 4 is 23.9 Å². The Bertz CT molecular complexity index is 389. The van der Waals surface area contributed by atoms with E-state index in [1.165, 1.54) is 0 Å². The molecule has 1 heterocycles. The first kappa shape index (κ1) is 15.9. The molecule has 20 heavy (non-hydrogen) atoms. The van der Waals surface area contributed by atoms with Gasteiger partial charge in [0.2, 0.25) is 0 Å². The van der Waals surface area contributed by atoms with E-state index in [1.54, 1.807) is 0 Å². The van der Waals surface area contributed by atoms with Gasteiger partial charge in [-0.1, -0.05) is 13.8 Å². The van der Waals surface area contributed by atoms with Crippen molar-refractivity contribution in [3.63, 3.8) is 0 Å². The van der Waals surface area contributed by atoms with Crippen LogP contribution in [0.1, 0.15) is 39.5 Å². The molecule has 1 aliphatic rings. The molecule has 1 rings (SSSR count). The summed E-state index contributed by atoms with van der Waals surface area (Å²) in [5.74, 6) is -2.04. The number of nitrogens with zero attached hydrogens (tertiary/aromatic N) is 1. The highest BCUT2D eigenvalue weighted by Crippen LogP contribution is 2.11. The van der Waals surface area contributed by atoms with Crippen LogP contribution in [-0.2, 0) is 24.0 Å². The van der Waals surface area contributed by atoms with E-state index in [1.807, 2.05) is 13.8 Å². The molecule has 1 saturated heterocycles. The smallest absolute Gasteiger partial charge is 0.407 e. The van der Waals surface area contributed by atoms with Crippen molar-refractivity contribution in [3.05, 3.63) is 0 Å². The van der Waals surface area contributed by atoms with Gasteiger partial charge in [-0.2, -0.15) is 0 Å². The van der Waals surface area contributed by atoms with Gasteiger partial charge >= 0.3 is 12.1 Å². The molecule has 0 aromatic heterocycles. The number of hydrogen-bond acceptors (Lipinski definition) is 6. The van der Waals surface area contributed by atoms with Crippen LogP contribution in [0.3, 0.4) is 0 Å². The fraction of sp³-hybridized carbons (Fsp3) is 0.667. The molecule has 1 aliphatic heterocycles. The molecule has 1 fully saturated rings. The van der Waals surface area contributed by atoms with E-state index in [2.05, 4.69) is 10.2 Å². The SMILES string of the molecule is CCC(CC)OC(=O)NCC(=O)ON1C(=O)CCC1=O. The van der Waals surface area contributed by atoms with Crippen molar-refractivity contribution in [1.82, 2.24) is 10.4 Å². The molecular formula is C12H18N2O6. The Morgan fingerprint density at radius 3 is 2.25 bits per heavy atom. The monoisotopic (exact) mass is 286 g/mol. The average Bonchev–Trinajstić information content (AvgIpc) is 2.74. The minimum absolute atomic E-state index is 0.0241. The molecule has 0 aromatic rings. The molecule has 0 aromatic carbocycles. The van der Waals surface area contributed by atoms with Crippen LogP contribution in [0.5, 0.6) is 0 Å². The summed E-state index contributed by atoms with van der Waals surface area (Å²) in [4.78, 5) is 49.7. The van der Waals surface area contributed by atoms with Gasteiger partial charge in [0.05, 0.1) is 0 Å². The summed E-state index contributed by atoms with van der Waals surface area (Å²) in [5, 5.41) is 2.63. The summed E-state index contributed by atoms with van der Waals surface area (Å²) in [6, 6.07) is 0. The van der Waals surface area contributed by atoms with Gasteiger partial charge in [0.25, 0.3) is 11.8 Å². The molecule has 3 amide bonds. The second-order valence-electron chi connectivity index (χ2n) is 4.24. The number of rotatable bonds is 6. The van der Waals surface area contributed by atoms with Gasteiger partial charge in [0.1, 0.15) is 12.6 Å². The lowest BCUT2D eigenvalue weighted by Crippen LogP contribution is -2.38. The fourth-order valence-electron chi connectivity index (χ4n) is 1.58. The van der Waals surface area contributed by atoms with Crippen molar-refractivity contribution in [2.45, 2.75) is 45.6 Å². The predicted molar refractivity (Wildman–Crippen MR) is 66.0 cm³/mol. The van der Waals surface area contributed by atoms with Crippen LogP contribution in [0, 0.1) is 0 Å². The summed E-state index contributed by atoms with van der Waals surface area (Å²) in [6.45, 7) is 3.27. The molecule has 8 nitrogen and oxygen atoms in total. The first-order chi connectivity index (χ1) is 9.47. The van der Waals surface area contributed by atoms with Crippen LogP contribution < -0.4 is 5.32 Å². The van der Waals surface area contributed by atoms with Gasteiger partial charge in [-0.3, -0.25) is 9.59 Å². The average molecular weight is 286 g/mol. The standard InChI is InChI=1S/C12H18N2O6/c1-3-8(4-2)19-12(18)13-7-11(17)20-14-9(15)5-6-10(14)16/h8H,3-7H2,1-2H3,(H,13,18). The first-order valence-electron chi connectivity index (χ1n) is 6.49. The lowest BCUT2D eigenvalue weighted by Gasteiger charge is -2.15. The van der Waals surface area contributed by atoms with Crippen molar-refractivity contribution in [1.29, 1.82) is 0 Å². The van der Waals surface area contributed by atoms with E-state index in [0.717, 1.165) is 0 Å². The highest BCUT2D eigenvalue weighted by molar-refractivity contribution is 6.01. The number of carbonyl (C=O) groups is 4. The molecule has 0 saturated carbocycles. The second kappa shape index (κ2) is 7.46. The minimum atomic E-state index is -0.907. The van der Waals surface area contributed by atoms with Crippen molar-refractivity contribution in [2.24, 2.45) is 0 Å². The summed E-state index contributed by atoms with van der Waals surface area (Å²) in [7, 11) is 0. The highest BCUT2D eigenvalue weighted by atomic mass is 16.7. The quantitative estimate of drug-likeness (QED) is 0.714. The number of hydrogen-bond donors (Lipinski definition) is 1. The molecule has 0 unspecified atom stereocenters. The molecule has 112 valence electrons. The lowest BCUT2D eigenvalue weighted by atomic mass is 10.2. The number of imide groups is 1. The predicted octanol–water partition coefficient (Wildman–Crippen LogP) is 0.508. The molecule has 1 N–H and O–H groups in total. The molecule has 8 heteroatoms. The maximum absolute atomic E-state index is 11.4. The number of carbonyl (C=O) groups excluding carboxylic acids is 4. The van der Waals surface area contributed by atoms with E-state index in [0.29, 0.717) is 17.9 Å². The first-order valence-corrected chi connectivity index (χ1v) is 6.49. The number of nitrogens with one attached hydrogen (secondary N) is 1. The lowest BCUT2D eigenvalue weighted by molar-refractivity contribution is -0.196. The topological polar surface area (TPSA) is 102 Å². The van der Waals surface area contributed by atoms with E-state index in [-0.39, 0.29) is 18.9 Å². The third-order valence-electron chi connectivity index (χ3n) is 2.76. The summed E-state index contributed by atoms with van der Waals surface area (Å²) < 4.78 is 5.01. The number of ether oxygens (including phenoxy) is 1. The van der Waals surface area contributed by atoms with Crippen molar-refractivity contribution in [3.8, 4) is 0 Å². The fourth-order valence-corrected chi connectivity index (χ4v) is 1.58. The van der Waals surface area contributed by atoms with E-state index in [4.69, 9.17) is 4.74 Å². The molecule has 0 aliphatic carbocycles. The number of amides is 3. The van der Waals surface area contributed by atoms with Crippen LogP contribution >= 0.6 is 0 Å². The van der Waals surface area contributed by atoms with Gasteiger partial charge in [-0.25, -0.2) is 9.59 Å². The molecule has 0 spiro atoms. The normalized spacial score (nSPS) is 14.7. The van der Waals surface area contributed by atoms with E-state index < -0.39 is 30.4 Å². The van der Waals surface area contributed by atoms with Crippen molar-refractivity contribution in [2.75, 3.05) is 6.54 Å². The van der Waals surface area contributed by atoms with Gasteiger partial charge < -0.3 is 14.9 Å². The van der Waals surface area contributed by atoms with Crippen LogP contribution in [0.15, 0.2) is 0 Å². The third-order valence-corrected chi connectivity index (χ3v) is 2.76. The molecular weight excluding hydrogens is 268 g/mol. The second-order valence-corrected chi connectivity index (χ2v) is 4.24. The molecule has 0 bridgehead atoms. The summed E-state index contributed by atoms with van der Waals surface area (Å²) >= 11 is 0. The zero-order valence-electron chi connectivity index (χ0n) is 11.5. The Balaban J connectivity index is 2.31. The highest BCUT2D eigenvalue weighted by Gasteiger charge is 2.32. The van der Waals surface area contributed by atoms with Gasteiger partial charge in [-0.05, 0) is 12.8 Å². The third kappa shape index (κ3) is 4.52. The van der Waals surface area contributed by atoms with E-state index in [9.17, 15) is 19.2 Å². The zero-order valence-corrected chi connectivity index (χ0v) is 11.5. The van der Waals surface area contributed by atoms with Gasteiger partial charge in [0, 0.05) is 12.8 Å². The van der Waals surface area contributed by atoms with Crippen LogP contribution in [0.2, 0.25) is 0 Å². The molecule has 0 radical (unpaired) electrons. The van der Waals surface area contributed by atoms with Gasteiger partial charge in [-0.15, -0.1) is 5.06 Å². The maximum atomic E-state index is 11.4. The number of alkyl carbamates (subject to hydrolysis) is 1. The number of hydroxylamine groups is 2. The summed E-state index contributed by atoms with van der Waals surface area (Å²) in [6.07, 6.45) is 0.436. The Hall–Kier alpha value is -2.12. The van der Waals surface area contributed by atoms with Crippen LogP contribution in [0.25, 0.3) is 0 Å². The van der Waals surface area contributed by atoms with E-state index >= 15 is 0 Å². The Morgan fingerprint density at radius 1 is 1.20 bits per heavy atom. The Labute approximate surface area is 116 Å². The Morgan fingerprint density at radius 2 is 1.75 bits per heavy atom. The summed E-state index contributed by atoms with van der Waals surface area (Å²) in [5.41, 5.74) is 0. The largest absolute Gasteiger partial charge is 0.446 e. The Kier molecular flexibility index (Phi) is 5.95. The zero-order chi connectivity index (χ0) is 15.1. The maximum Gasteiger partial charge on any atom is 0.407 e. The van der Waals surface area contributed by atoms with Crippen molar-refractivity contribution < 1.29 is 28.8 Å².